The molecule has 3 aromatic heterocycles. The highest BCUT2D eigenvalue weighted by Crippen LogP contribution is 2.21. The molecule has 1 aromatic carbocycles. The van der Waals surface area contributed by atoms with Gasteiger partial charge in [0.15, 0.2) is 17.0 Å². The maximum Gasteiger partial charge on any atom is 0.332 e. The number of aryl methyl sites for hydroxylation is 2. The van der Waals surface area contributed by atoms with Gasteiger partial charge in [-0.05, 0) is 49.1 Å². The van der Waals surface area contributed by atoms with Crippen molar-refractivity contribution >= 4 is 34.4 Å². The van der Waals surface area contributed by atoms with Crippen molar-refractivity contribution in [1.82, 2.24) is 29.2 Å². The van der Waals surface area contributed by atoms with Gasteiger partial charge in [0.25, 0.3) is 11.4 Å². The summed E-state index contributed by atoms with van der Waals surface area (Å²) in [7, 11) is 0. The topological polar surface area (TPSA) is 112 Å². The standard InChI is InChI=1S/C22H24Cl2N6O3/c1-2-3-5-11-29-18-17(26-21(24)27-18)20(31)30(22(29)32)12-6-4-10-16-25-19(33-28-16)14-8-7-9-15(23)13-14/h7-9,13H,2-6,10-12H2,1H3,(H,26,27). The van der Waals surface area contributed by atoms with E-state index in [-0.39, 0.29) is 23.0 Å². The molecule has 0 saturated heterocycles. The van der Waals surface area contributed by atoms with Crippen LogP contribution in [0.25, 0.3) is 22.6 Å². The average Bonchev–Trinajstić information content (AvgIpc) is 3.42. The minimum atomic E-state index is -0.413. The zero-order chi connectivity index (χ0) is 23.4. The van der Waals surface area contributed by atoms with Crippen molar-refractivity contribution in [3.63, 3.8) is 0 Å². The van der Waals surface area contributed by atoms with Crippen LogP contribution in [0.5, 0.6) is 0 Å². The Morgan fingerprint density at radius 1 is 1.03 bits per heavy atom. The fourth-order valence-electron chi connectivity index (χ4n) is 3.70. The third-order valence-corrected chi connectivity index (χ3v) is 5.80. The summed E-state index contributed by atoms with van der Waals surface area (Å²) in [6, 6.07) is 7.20. The highest BCUT2D eigenvalue weighted by molar-refractivity contribution is 6.30. The lowest BCUT2D eigenvalue weighted by Gasteiger charge is -2.11. The highest BCUT2D eigenvalue weighted by Gasteiger charge is 2.17. The van der Waals surface area contributed by atoms with Crippen LogP contribution in [0.3, 0.4) is 0 Å². The summed E-state index contributed by atoms with van der Waals surface area (Å²) in [4.78, 5) is 37.2. The molecular formula is C22H24Cl2N6O3. The van der Waals surface area contributed by atoms with Crippen LogP contribution in [0, 0.1) is 0 Å². The average molecular weight is 491 g/mol. The van der Waals surface area contributed by atoms with E-state index in [4.69, 9.17) is 27.7 Å². The molecule has 0 atom stereocenters. The zero-order valence-corrected chi connectivity index (χ0v) is 19.7. The summed E-state index contributed by atoms with van der Waals surface area (Å²) in [5.74, 6) is 0.963. The number of fused-ring (bicyclic) bond motifs is 1. The number of imidazole rings is 1. The lowest BCUT2D eigenvalue weighted by Crippen LogP contribution is -2.40. The van der Waals surface area contributed by atoms with Gasteiger partial charge >= 0.3 is 5.69 Å². The largest absolute Gasteiger partial charge is 0.334 e. The summed E-state index contributed by atoms with van der Waals surface area (Å²) in [5, 5.41) is 4.69. The molecule has 0 radical (unpaired) electrons. The molecule has 9 nitrogen and oxygen atoms in total. The molecule has 0 amide bonds. The predicted octanol–water partition coefficient (Wildman–Crippen LogP) is 4.46. The normalized spacial score (nSPS) is 11.5. The Kier molecular flexibility index (Phi) is 7.29. The van der Waals surface area contributed by atoms with Gasteiger partial charge in [-0.2, -0.15) is 9.97 Å². The van der Waals surface area contributed by atoms with Crippen LogP contribution >= 0.6 is 23.2 Å². The van der Waals surface area contributed by atoms with Gasteiger partial charge in [0.1, 0.15) is 0 Å². The smallest absolute Gasteiger partial charge is 0.332 e. The minimum Gasteiger partial charge on any atom is -0.334 e. The monoisotopic (exact) mass is 490 g/mol. The molecule has 0 unspecified atom stereocenters. The predicted molar refractivity (Wildman–Crippen MR) is 127 cm³/mol. The van der Waals surface area contributed by atoms with Crippen molar-refractivity contribution in [2.45, 2.75) is 58.5 Å². The Morgan fingerprint density at radius 2 is 1.82 bits per heavy atom. The second kappa shape index (κ2) is 10.4. The molecular weight excluding hydrogens is 467 g/mol. The van der Waals surface area contributed by atoms with Gasteiger partial charge in [0.05, 0.1) is 0 Å². The van der Waals surface area contributed by atoms with Gasteiger partial charge in [0.2, 0.25) is 5.28 Å². The number of nitrogens with one attached hydrogen (secondary N) is 1. The molecule has 4 aromatic rings. The van der Waals surface area contributed by atoms with Crippen LogP contribution in [0.2, 0.25) is 10.3 Å². The second-order valence-electron chi connectivity index (χ2n) is 7.81. The Bertz CT molecular complexity index is 1370. The third kappa shape index (κ3) is 5.20. The quantitative estimate of drug-likeness (QED) is 0.259. The Hall–Kier alpha value is -2.91. The number of hydrogen-bond acceptors (Lipinski definition) is 6. The molecule has 0 saturated carbocycles. The number of aromatic amines is 1. The number of benzene rings is 1. The highest BCUT2D eigenvalue weighted by atomic mass is 35.5. The summed E-state index contributed by atoms with van der Waals surface area (Å²) in [5.41, 5.74) is 0.532. The Morgan fingerprint density at radius 3 is 2.61 bits per heavy atom. The summed E-state index contributed by atoms with van der Waals surface area (Å²) in [6.45, 7) is 2.85. The number of rotatable bonds is 10. The van der Waals surface area contributed by atoms with Gasteiger partial charge in [-0.15, -0.1) is 0 Å². The van der Waals surface area contributed by atoms with Gasteiger partial charge in [-0.1, -0.05) is 42.6 Å². The summed E-state index contributed by atoms with van der Waals surface area (Å²) >= 11 is 12.0. The van der Waals surface area contributed by atoms with Crippen LogP contribution in [-0.2, 0) is 19.5 Å². The molecule has 0 spiro atoms. The first-order chi connectivity index (χ1) is 16.0. The summed E-state index contributed by atoms with van der Waals surface area (Å²) in [6.07, 6.45) is 4.65. The van der Waals surface area contributed by atoms with Gasteiger partial charge in [0, 0.05) is 30.1 Å². The van der Waals surface area contributed by atoms with Crippen LogP contribution in [-0.4, -0.2) is 29.2 Å². The van der Waals surface area contributed by atoms with E-state index >= 15 is 0 Å². The number of nitrogens with zero attached hydrogens (tertiary/aromatic N) is 5. The molecule has 0 aliphatic rings. The minimum absolute atomic E-state index is 0.0936. The number of unbranched alkanes of at least 4 members (excludes halogenated alkanes) is 3. The number of halogens is 2. The number of H-pyrrole nitrogens is 1. The number of aromatic nitrogens is 6. The van der Waals surface area contributed by atoms with Gasteiger partial charge in [-0.3, -0.25) is 13.9 Å². The fourth-order valence-corrected chi connectivity index (χ4v) is 4.07. The van der Waals surface area contributed by atoms with E-state index in [1.165, 1.54) is 9.13 Å². The molecule has 0 aliphatic heterocycles. The fraction of sp³-hybridized carbons (Fsp3) is 0.409. The Balaban J connectivity index is 1.45. The maximum absolute atomic E-state index is 13.0. The number of hydrogen-bond donors (Lipinski definition) is 1. The Labute approximate surface area is 199 Å². The van der Waals surface area contributed by atoms with Crippen LogP contribution in [0.15, 0.2) is 38.4 Å². The molecule has 0 bridgehead atoms. The molecule has 0 aliphatic carbocycles. The molecule has 11 heteroatoms. The molecule has 3 heterocycles. The van der Waals surface area contributed by atoms with E-state index < -0.39 is 5.56 Å². The van der Waals surface area contributed by atoms with Gasteiger partial charge < -0.3 is 9.51 Å². The van der Waals surface area contributed by atoms with Crippen molar-refractivity contribution in [1.29, 1.82) is 0 Å². The van der Waals surface area contributed by atoms with E-state index in [2.05, 4.69) is 27.0 Å². The van der Waals surface area contributed by atoms with E-state index in [0.29, 0.717) is 48.2 Å². The van der Waals surface area contributed by atoms with Crippen molar-refractivity contribution < 1.29 is 4.52 Å². The lowest BCUT2D eigenvalue weighted by molar-refractivity contribution is 0.420. The third-order valence-electron chi connectivity index (χ3n) is 5.39. The molecule has 33 heavy (non-hydrogen) atoms. The van der Waals surface area contributed by atoms with Crippen molar-refractivity contribution in [2.75, 3.05) is 0 Å². The van der Waals surface area contributed by atoms with E-state index in [0.717, 1.165) is 24.8 Å². The summed E-state index contributed by atoms with van der Waals surface area (Å²) < 4.78 is 8.10. The van der Waals surface area contributed by atoms with Crippen molar-refractivity contribution in [3.8, 4) is 11.5 Å². The SMILES string of the molecule is CCCCCn1c(=O)n(CCCCc2noc(-c3cccc(Cl)c3)n2)c(=O)c2[nH]c(Cl)nc21. The second-order valence-corrected chi connectivity index (χ2v) is 8.60. The molecule has 0 fully saturated rings. The first kappa shape index (κ1) is 23.3. The molecule has 4 rings (SSSR count). The maximum atomic E-state index is 13.0. The van der Waals surface area contributed by atoms with Gasteiger partial charge in [-0.25, -0.2) is 4.79 Å². The van der Waals surface area contributed by atoms with Crippen molar-refractivity contribution in [2.24, 2.45) is 0 Å². The van der Waals surface area contributed by atoms with E-state index in [9.17, 15) is 9.59 Å². The lowest BCUT2D eigenvalue weighted by atomic mass is 10.2. The van der Waals surface area contributed by atoms with Crippen LogP contribution in [0.1, 0.15) is 44.9 Å². The van der Waals surface area contributed by atoms with E-state index in [1.54, 1.807) is 12.1 Å². The van der Waals surface area contributed by atoms with Crippen LogP contribution in [0.4, 0.5) is 0 Å². The van der Waals surface area contributed by atoms with E-state index in [1.807, 2.05) is 12.1 Å². The first-order valence-electron chi connectivity index (χ1n) is 10.9. The first-order valence-corrected chi connectivity index (χ1v) is 11.7. The molecule has 174 valence electrons. The molecule has 1 N–H and O–H groups in total. The van der Waals surface area contributed by atoms with Crippen LogP contribution < -0.4 is 11.2 Å². The van der Waals surface area contributed by atoms with Crippen molar-refractivity contribution in [3.05, 3.63) is 61.2 Å². The zero-order valence-electron chi connectivity index (χ0n) is 18.2.